The molecule has 1 aliphatic heterocycles. The van der Waals surface area contributed by atoms with E-state index in [1.54, 1.807) is 16.9 Å². The van der Waals surface area contributed by atoms with Crippen LogP contribution < -0.4 is 5.32 Å². The van der Waals surface area contributed by atoms with Crippen LogP contribution in [-0.2, 0) is 7.05 Å². The quantitative estimate of drug-likeness (QED) is 0.726. The lowest BCUT2D eigenvalue weighted by molar-refractivity contribution is 0.222. The number of carbonyl (C=O) groups excluding carboxylic acids is 1. The van der Waals surface area contributed by atoms with Gasteiger partial charge in [-0.3, -0.25) is 10.00 Å². The van der Waals surface area contributed by atoms with Gasteiger partial charge in [0.15, 0.2) is 5.82 Å². The zero-order chi connectivity index (χ0) is 9.97. The number of aromatic nitrogens is 2. The number of hydrogen-bond donors (Lipinski definition) is 1. The summed E-state index contributed by atoms with van der Waals surface area (Å²) >= 11 is 0. The lowest BCUT2D eigenvalue weighted by atomic mass is 10.4. The molecule has 1 fully saturated rings. The van der Waals surface area contributed by atoms with Gasteiger partial charge in [0, 0.05) is 32.4 Å². The number of carbonyl (C=O) groups is 1. The van der Waals surface area contributed by atoms with Crippen LogP contribution in [0.1, 0.15) is 12.8 Å². The standard InChI is InChI=1S/C9H14N4O/c1-12-7-4-8(11-12)10-9(14)13-5-2-3-6-13/h4,7H,2-3,5-6H2,1H3,(H,10,11,14). The van der Waals surface area contributed by atoms with Crippen molar-refractivity contribution in [2.45, 2.75) is 12.8 Å². The van der Waals surface area contributed by atoms with Crippen molar-refractivity contribution in [2.24, 2.45) is 7.05 Å². The second-order valence-electron chi connectivity index (χ2n) is 3.50. The normalized spacial score (nSPS) is 15.9. The number of aryl methyl sites for hydroxylation is 1. The predicted molar refractivity (Wildman–Crippen MR) is 53.0 cm³/mol. The van der Waals surface area contributed by atoms with Crippen molar-refractivity contribution in [3.8, 4) is 0 Å². The van der Waals surface area contributed by atoms with Gasteiger partial charge in [-0.15, -0.1) is 0 Å². The van der Waals surface area contributed by atoms with Gasteiger partial charge in [0.05, 0.1) is 0 Å². The fourth-order valence-electron chi connectivity index (χ4n) is 1.59. The van der Waals surface area contributed by atoms with Crippen LogP contribution >= 0.6 is 0 Å². The summed E-state index contributed by atoms with van der Waals surface area (Å²) in [7, 11) is 1.82. The smallest absolute Gasteiger partial charge is 0.323 e. The van der Waals surface area contributed by atoms with Crippen LogP contribution in [0.15, 0.2) is 12.3 Å². The number of likely N-dealkylation sites (tertiary alicyclic amines) is 1. The van der Waals surface area contributed by atoms with Gasteiger partial charge >= 0.3 is 6.03 Å². The van der Waals surface area contributed by atoms with E-state index in [1.165, 1.54) is 0 Å². The van der Waals surface area contributed by atoms with Crippen LogP contribution in [-0.4, -0.2) is 33.8 Å². The Hall–Kier alpha value is -1.52. The van der Waals surface area contributed by atoms with E-state index in [4.69, 9.17) is 0 Å². The second-order valence-corrected chi connectivity index (χ2v) is 3.50. The molecule has 1 aromatic rings. The van der Waals surface area contributed by atoms with Gasteiger partial charge in [-0.1, -0.05) is 0 Å². The van der Waals surface area contributed by atoms with Crippen LogP contribution in [0.4, 0.5) is 10.6 Å². The molecule has 1 saturated heterocycles. The highest BCUT2D eigenvalue weighted by Crippen LogP contribution is 2.10. The van der Waals surface area contributed by atoms with E-state index in [0.29, 0.717) is 5.82 Å². The topological polar surface area (TPSA) is 50.2 Å². The van der Waals surface area contributed by atoms with Crippen molar-refractivity contribution >= 4 is 11.8 Å². The van der Waals surface area contributed by atoms with Crippen LogP contribution in [0.5, 0.6) is 0 Å². The van der Waals surface area contributed by atoms with Gasteiger partial charge < -0.3 is 4.90 Å². The largest absolute Gasteiger partial charge is 0.324 e. The fourth-order valence-corrected chi connectivity index (χ4v) is 1.59. The van der Waals surface area contributed by atoms with Crippen molar-refractivity contribution in [2.75, 3.05) is 18.4 Å². The van der Waals surface area contributed by atoms with Crippen molar-refractivity contribution in [1.29, 1.82) is 0 Å². The SMILES string of the molecule is Cn1ccc(NC(=O)N2CCCC2)n1. The molecular formula is C9H14N4O. The predicted octanol–water partition coefficient (Wildman–Crippen LogP) is 1.05. The Morgan fingerprint density at radius 3 is 2.79 bits per heavy atom. The highest BCUT2D eigenvalue weighted by molar-refractivity contribution is 5.88. The first-order valence-corrected chi connectivity index (χ1v) is 4.81. The zero-order valence-corrected chi connectivity index (χ0v) is 8.23. The van der Waals surface area contributed by atoms with Crippen LogP contribution in [0.2, 0.25) is 0 Å². The summed E-state index contributed by atoms with van der Waals surface area (Å²) in [6, 6.07) is 1.75. The van der Waals surface area contributed by atoms with E-state index >= 15 is 0 Å². The first-order valence-electron chi connectivity index (χ1n) is 4.81. The molecule has 2 amide bonds. The lowest BCUT2D eigenvalue weighted by Gasteiger charge is -2.14. The average molecular weight is 194 g/mol. The molecule has 0 spiro atoms. The molecule has 0 aliphatic carbocycles. The Morgan fingerprint density at radius 1 is 1.50 bits per heavy atom. The summed E-state index contributed by atoms with van der Waals surface area (Å²) in [6.07, 6.45) is 4.02. The molecule has 5 nitrogen and oxygen atoms in total. The van der Waals surface area contributed by atoms with Gasteiger partial charge in [-0.2, -0.15) is 5.10 Å². The molecule has 2 rings (SSSR count). The minimum Gasteiger partial charge on any atom is -0.324 e. The number of nitrogens with zero attached hydrogens (tertiary/aromatic N) is 3. The minimum absolute atomic E-state index is 0.0406. The molecule has 1 aromatic heterocycles. The average Bonchev–Trinajstić information content (AvgIpc) is 2.75. The highest BCUT2D eigenvalue weighted by Gasteiger charge is 2.18. The third-order valence-corrected chi connectivity index (χ3v) is 2.34. The number of hydrogen-bond acceptors (Lipinski definition) is 2. The molecule has 0 unspecified atom stereocenters. The van der Waals surface area contributed by atoms with E-state index in [2.05, 4.69) is 10.4 Å². The molecule has 14 heavy (non-hydrogen) atoms. The van der Waals surface area contributed by atoms with E-state index in [0.717, 1.165) is 25.9 Å². The summed E-state index contributed by atoms with van der Waals surface area (Å²) in [5.41, 5.74) is 0. The maximum Gasteiger partial charge on any atom is 0.323 e. The van der Waals surface area contributed by atoms with Crippen LogP contribution in [0.25, 0.3) is 0 Å². The number of amides is 2. The monoisotopic (exact) mass is 194 g/mol. The fraction of sp³-hybridized carbons (Fsp3) is 0.556. The van der Waals surface area contributed by atoms with E-state index in [-0.39, 0.29) is 6.03 Å². The Balaban J connectivity index is 1.93. The maximum atomic E-state index is 11.6. The van der Waals surface area contributed by atoms with Crippen molar-refractivity contribution in [3.63, 3.8) is 0 Å². The molecule has 76 valence electrons. The first kappa shape index (κ1) is 9.05. The summed E-state index contributed by atoms with van der Waals surface area (Å²) in [4.78, 5) is 13.4. The van der Waals surface area contributed by atoms with Crippen LogP contribution in [0.3, 0.4) is 0 Å². The molecule has 5 heteroatoms. The third kappa shape index (κ3) is 1.86. The summed E-state index contributed by atoms with van der Waals surface area (Å²) in [5.74, 6) is 0.615. The first-order chi connectivity index (χ1) is 6.75. The summed E-state index contributed by atoms with van der Waals surface area (Å²) < 4.78 is 1.67. The summed E-state index contributed by atoms with van der Waals surface area (Å²) in [6.45, 7) is 1.72. The molecule has 1 N–H and O–H groups in total. The maximum absolute atomic E-state index is 11.6. The van der Waals surface area contributed by atoms with Gasteiger partial charge in [0.1, 0.15) is 0 Å². The molecule has 2 heterocycles. The zero-order valence-electron chi connectivity index (χ0n) is 8.23. The molecule has 0 saturated carbocycles. The summed E-state index contributed by atoms with van der Waals surface area (Å²) in [5, 5.41) is 6.84. The van der Waals surface area contributed by atoms with E-state index in [1.807, 2.05) is 11.9 Å². The van der Waals surface area contributed by atoms with Gasteiger partial charge in [0.2, 0.25) is 0 Å². The Kier molecular flexibility index (Phi) is 2.39. The van der Waals surface area contributed by atoms with Crippen molar-refractivity contribution in [1.82, 2.24) is 14.7 Å². The second kappa shape index (κ2) is 3.69. The number of rotatable bonds is 1. The highest BCUT2D eigenvalue weighted by atomic mass is 16.2. The minimum atomic E-state index is -0.0406. The Morgan fingerprint density at radius 2 is 2.21 bits per heavy atom. The third-order valence-electron chi connectivity index (χ3n) is 2.34. The van der Waals surface area contributed by atoms with Gasteiger partial charge in [-0.25, -0.2) is 4.79 Å². The Labute approximate surface area is 82.7 Å². The molecular weight excluding hydrogens is 180 g/mol. The van der Waals surface area contributed by atoms with Gasteiger partial charge in [0.25, 0.3) is 0 Å². The molecule has 0 aromatic carbocycles. The number of anilines is 1. The lowest BCUT2D eigenvalue weighted by Crippen LogP contribution is -2.32. The van der Waals surface area contributed by atoms with Gasteiger partial charge in [-0.05, 0) is 12.8 Å². The van der Waals surface area contributed by atoms with Crippen molar-refractivity contribution < 1.29 is 4.79 Å². The Bertz CT molecular complexity index is 327. The van der Waals surface area contributed by atoms with Crippen molar-refractivity contribution in [3.05, 3.63) is 12.3 Å². The molecule has 1 aliphatic rings. The number of urea groups is 1. The molecule has 0 radical (unpaired) electrons. The molecule has 0 bridgehead atoms. The number of nitrogens with one attached hydrogen (secondary N) is 1. The molecule has 0 atom stereocenters. The van der Waals surface area contributed by atoms with Crippen LogP contribution in [0, 0.1) is 0 Å². The van der Waals surface area contributed by atoms with E-state index in [9.17, 15) is 4.79 Å². The van der Waals surface area contributed by atoms with E-state index < -0.39 is 0 Å².